The molecule has 1 rings (SSSR count). The second-order valence-electron chi connectivity index (χ2n) is 2.92. The molecule has 1 aromatic heterocycles. The van der Waals surface area contributed by atoms with E-state index >= 15 is 0 Å². The number of nitrogens with zero attached hydrogens (tertiary/aromatic N) is 2. The van der Waals surface area contributed by atoms with Crippen molar-refractivity contribution in [3.63, 3.8) is 0 Å². The van der Waals surface area contributed by atoms with Gasteiger partial charge in [-0.2, -0.15) is 0 Å². The maximum absolute atomic E-state index is 11.4. The quantitative estimate of drug-likeness (QED) is 0.808. The molecule has 0 saturated carbocycles. The molecule has 13 heavy (non-hydrogen) atoms. The monoisotopic (exact) mass is 199 g/mol. The van der Waals surface area contributed by atoms with E-state index in [0.717, 1.165) is 11.4 Å². The van der Waals surface area contributed by atoms with Gasteiger partial charge in [0.1, 0.15) is 5.01 Å². The number of carbonyl (C=O) groups is 1. The molecule has 1 atom stereocenters. The molecule has 1 N–H and O–H groups in total. The molecule has 0 spiro atoms. The van der Waals surface area contributed by atoms with Gasteiger partial charge < -0.3 is 5.32 Å². The third-order valence-electron chi connectivity index (χ3n) is 1.82. The van der Waals surface area contributed by atoms with E-state index in [1.807, 2.05) is 20.8 Å². The fourth-order valence-electron chi connectivity index (χ4n) is 0.761. The van der Waals surface area contributed by atoms with Gasteiger partial charge in [0.25, 0.3) is 0 Å². The summed E-state index contributed by atoms with van der Waals surface area (Å²) in [5.41, 5.74) is 0. The maximum Gasteiger partial charge on any atom is 0.229 e. The highest BCUT2D eigenvalue weighted by molar-refractivity contribution is 7.15. The first-order chi connectivity index (χ1) is 6.13. The summed E-state index contributed by atoms with van der Waals surface area (Å²) in [4.78, 5) is 11.4. The Balaban J connectivity index is 2.54. The Morgan fingerprint density at radius 1 is 1.62 bits per heavy atom. The molecule has 72 valence electrons. The summed E-state index contributed by atoms with van der Waals surface area (Å²) in [6, 6.07) is 0. The van der Waals surface area contributed by atoms with Crippen molar-refractivity contribution in [3.8, 4) is 0 Å². The van der Waals surface area contributed by atoms with Crippen LogP contribution in [0.5, 0.6) is 0 Å². The number of nitrogens with one attached hydrogen (secondary N) is 1. The van der Waals surface area contributed by atoms with E-state index in [9.17, 15) is 4.79 Å². The summed E-state index contributed by atoms with van der Waals surface area (Å²) in [5.74, 6) is 0.0443. The van der Waals surface area contributed by atoms with Crippen molar-refractivity contribution in [2.75, 3.05) is 5.32 Å². The number of hydrogen-bond acceptors (Lipinski definition) is 4. The van der Waals surface area contributed by atoms with Crippen molar-refractivity contribution in [1.29, 1.82) is 0 Å². The molecular weight excluding hydrogens is 186 g/mol. The van der Waals surface area contributed by atoms with Gasteiger partial charge in [-0.25, -0.2) is 0 Å². The lowest BCUT2D eigenvalue weighted by Crippen LogP contribution is -2.19. The Morgan fingerprint density at radius 3 is 2.77 bits per heavy atom. The molecule has 0 aliphatic heterocycles. The van der Waals surface area contributed by atoms with Crippen LogP contribution in [0.1, 0.15) is 25.3 Å². The number of aromatic nitrogens is 2. The lowest BCUT2D eigenvalue weighted by molar-refractivity contribution is -0.119. The van der Waals surface area contributed by atoms with Gasteiger partial charge in [0, 0.05) is 5.92 Å². The summed E-state index contributed by atoms with van der Waals surface area (Å²) >= 11 is 1.39. The van der Waals surface area contributed by atoms with Crippen LogP contribution in [0, 0.1) is 12.8 Å². The highest BCUT2D eigenvalue weighted by atomic mass is 32.1. The molecule has 0 aliphatic rings. The van der Waals surface area contributed by atoms with Gasteiger partial charge in [0.15, 0.2) is 0 Å². The number of carbonyl (C=O) groups excluding carboxylic acids is 1. The van der Waals surface area contributed by atoms with Crippen LogP contribution in [-0.4, -0.2) is 16.1 Å². The first-order valence-electron chi connectivity index (χ1n) is 4.24. The average molecular weight is 199 g/mol. The van der Waals surface area contributed by atoms with Crippen molar-refractivity contribution in [3.05, 3.63) is 5.01 Å². The average Bonchev–Trinajstić information content (AvgIpc) is 2.49. The maximum atomic E-state index is 11.4. The van der Waals surface area contributed by atoms with Crippen LogP contribution < -0.4 is 5.32 Å². The first-order valence-corrected chi connectivity index (χ1v) is 5.06. The summed E-state index contributed by atoms with van der Waals surface area (Å²) in [5, 5.41) is 11.8. The topological polar surface area (TPSA) is 54.9 Å². The Labute approximate surface area is 81.4 Å². The highest BCUT2D eigenvalue weighted by Crippen LogP contribution is 2.15. The van der Waals surface area contributed by atoms with Crippen LogP contribution in [0.3, 0.4) is 0 Å². The summed E-state index contributed by atoms with van der Waals surface area (Å²) in [6.45, 7) is 5.73. The van der Waals surface area contributed by atoms with Crippen LogP contribution in [0.25, 0.3) is 0 Å². The van der Waals surface area contributed by atoms with Crippen molar-refractivity contribution in [1.82, 2.24) is 10.2 Å². The van der Waals surface area contributed by atoms with Gasteiger partial charge in [0.2, 0.25) is 11.0 Å². The molecule has 1 amide bonds. The molecule has 0 fully saturated rings. The molecule has 5 heteroatoms. The molecule has 0 radical (unpaired) electrons. The zero-order valence-electron chi connectivity index (χ0n) is 8.00. The first kappa shape index (κ1) is 10.1. The van der Waals surface area contributed by atoms with E-state index in [1.165, 1.54) is 11.3 Å². The second kappa shape index (κ2) is 4.32. The van der Waals surface area contributed by atoms with Crippen LogP contribution in [0.15, 0.2) is 0 Å². The standard InChI is InChI=1S/C8H13N3OS/c1-4-5(2)7(12)9-8-11-10-6(3)13-8/h5H,4H2,1-3H3,(H,9,11,12)/t5-/m1/s1. The van der Waals surface area contributed by atoms with E-state index < -0.39 is 0 Å². The van der Waals surface area contributed by atoms with Crippen LogP contribution in [0.4, 0.5) is 5.13 Å². The minimum Gasteiger partial charge on any atom is -0.300 e. The molecule has 0 aromatic carbocycles. The number of anilines is 1. The van der Waals surface area contributed by atoms with Gasteiger partial charge in [-0.1, -0.05) is 25.2 Å². The normalized spacial score (nSPS) is 12.5. The number of rotatable bonds is 3. The second-order valence-corrected chi connectivity index (χ2v) is 4.11. The Kier molecular flexibility index (Phi) is 3.36. The van der Waals surface area contributed by atoms with Crippen molar-refractivity contribution < 1.29 is 4.79 Å². The lowest BCUT2D eigenvalue weighted by atomic mass is 10.1. The number of hydrogen-bond donors (Lipinski definition) is 1. The molecular formula is C8H13N3OS. The zero-order chi connectivity index (χ0) is 9.84. The fourth-order valence-corrected chi connectivity index (χ4v) is 1.36. The van der Waals surface area contributed by atoms with E-state index in [2.05, 4.69) is 15.5 Å². The molecule has 0 unspecified atom stereocenters. The van der Waals surface area contributed by atoms with E-state index in [1.54, 1.807) is 0 Å². The van der Waals surface area contributed by atoms with Gasteiger partial charge in [-0.05, 0) is 13.3 Å². The molecule has 0 aliphatic carbocycles. The van der Waals surface area contributed by atoms with Crippen molar-refractivity contribution in [2.45, 2.75) is 27.2 Å². The Morgan fingerprint density at radius 2 is 2.31 bits per heavy atom. The molecule has 0 saturated heterocycles. The SMILES string of the molecule is CC[C@@H](C)C(=O)Nc1nnc(C)s1. The van der Waals surface area contributed by atoms with Crippen LogP contribution >= 0.6 is 11.3 Å². The summed E-state index contributed by atoms with van der Waals surface area (Å²) < 4.78 is 0. The summed E-state index contributed by atoms with van der Waals surface area (Å²) in [7, 11) is 0. The van der Waals surface area contributed by atoms with Gasteiger partial charge >= 0.3 is 0 Å². The smallest absolute Gasteiger partial charge is 0.229 e. The van der Waals surface area contributed by atoms with E-state index in [0.29, 0.717) is 5.13 Å². The van der Waals surface area contributed by atoms with Gasteiger partial charge in [-0.15, -0.1) is 10.2 Å². The molecule has 0 bridgehead atoms. The van der Waals surface area contributed by atoms with E-state index in [-0.39, 0.29) is 11.8 Å². The minimum atomic E-state index is 0.0126. The lowest BCUT2D eigenvalue weighted by Gasteiger charge is -2.05. The molecule has 1 heterocycles. The van der Waals surface area contributed by atoms with Crippen LogP contribution in [-0.2, 0) is 4.79 Å². The van der Waals surface area contributed by atoms with Gasteiger partial charge in [0.05, 0.1) is 0 Å². The predicted molar refractivity (Wildman–Crippen MR) is 52.7 cm³/mol. The fraction of sp³-hybridized carbons (Fsp3) is 0.625. The van der Waals surface area contributed by atoms with Crippen LogP contribution in [0.2, 0.25) is 0 Å². The Bertz CT molecular complexity index is 297. The zero-order valence-corrected chi connectivity index (χ0v) is 8.81. The molecule has 1 aromatic rings. The van der Waals surface area contributed by atoms with Crippen molar-refractivity contribution in [2.24, 2.45) is 5.92 Å². The predicted octanol–water partition coefficient (Wildman–Crippen LogP) is 1.83. The minimum absolute atomic E-state index is 0.0126. The van der Waals surface area contributed by atoms with Crippen molar-refractivity contribution >= 4 is 22.4 Å². The Hall–Kier alpha value is -0.970. The highest BCUT2D eigenvalue weighted by Gasteiger charge is 2.12. The number of amides is 1. The largest absolute Gasteiger partial charge is 0.300 e. The van der Waals surface area contributed by atoms with Gasteiger partial charge in [-0.3, -0.25) is 4.79 Å². The third-order valence-corrected chi connectivity index (χ3v) is 2.57. The summed E-state index contributed by atoms with van der Waals surface area (Å²) in [6.07, 6.45) is 0.837. The van der Waals surface area contributed by atoms with E-state index in [4.69, 9.17) is 0 Å². The third kappa shape index (κ3) is 2.77. The number of aryl methyl sites for hydroxylation is 1. The molecule has 4 nitrogen and oxygen atoms in total.